The lowest BCUT2D eigenvalue weighted by molar-refractivity contribution is -0.214. The van der Waals surface area contributed by atoms with Crippen LogP contribution in [-0.4, -0.2) is 55.2 Å². The highest BCUT2D eigenvalue weighted by Gasteiger charge is 2.39. The van der Waals surface area contributed by atoms with Crippen molar-refractivity contribution < 1.29 is 24.8 Å². The summed E-state index contributed by atoms with van der Waals surface area (Å²) < 4.78 is 12.2. The maximum atomic E-state index is 9.92. The molecule has 22 heavy (non-hydrogen) atoms. The van der Waals surface area contributed by atoms with Gasteiger partial charge in [-0.15, -0.1) is 5.10 Å². The number of hydrogen-bond donors (Lipinski definition) is 3. The number of para-hydroxylation sites is 1. The monoisotopic (exact) mass is 307 g/mol. The summed E-state index contributed by atoms with van der Waals surface area (Å²) in [4.78, 5) is 0. The molecule has 118 valence electrons. The summed E-state index contributed by atoms with van der Waals surface area (Å²) in [5, 5.41) is 36.8. The minimum atomic E-state index is -1.29. The molecule has 0 aliphatic carbocycles. The van der Waals surface area contributed by atoms with Crippen molar-refractivity contribution in [1.82, 2.24) is 15.0 Å². The highest BCUT2D eigenvalue weighted by Crippen LogP contribution is 2.23. The zero-order chi connectivity index (χ0) is 15.5. The first-order valence-corrected chi connectivity index (χ1v) is 6.89. The quantitative estimate of drug-likeness (QED) is 0.696. The third-order valence-corrected chi connectivity index (χ3v) is 3.42. The van der Waals surface area contributed by atoms with E-state index < -0.39 is 24.5 Å². The Morgan fingerprint density at radius 1 is 1.18 bits per heavy atom. The Morgan fingerprint density at radius 3 is 2.73 bits per heavy atom. The van der Waals surface area contributed by atoms with Crippen LogP contribution in [0.15, 0.2) is 36.5 Å². The highest BCUT2D eigenvalue weighted by molar-refractivity contribution is 5.21. The third kappa shape index (κ3) is 3.09. The van der Waals surface area contributed by atoms with Crippen LogP contribution in [0.1, 0.15) is 11.9 Å². The molecule has 0 spiro atoms. The molecule has 3 rings (SSSR count). The van der Waals surface area contributed by atoms with Gasteiger partial charge in [0.2, 0.25) is 0 Å². The fourth-order valence-corrected chi connectivity index (χ4v) is 2.20. The van der Waals surface area contributed by atoms with Gasteiger partial charge < -0.3 is 24.8 Å². The highest BCUT2D eigenvalue weighted by atomic mass is 16.5. The SMILES string of the molecule is O[C@@H]1[C@@H](O)[C@@H](n2cc(COc3ccccc3)nn2)OC[C@H]1O. The van der Waals surface area contributed by atoms with Crippen molar-refractivity contribution in [2.45, 2.75) is 31.1 Å². The minimum absolute atomic E-state index is 0.0847. The van der Waals surface area contributed by atoms with Crippen molar-refractivity contribution in [2.24, 2.45) is 0 Å². The summed E-state index contributed by atoms with van der Waals surface area (Å²) in [7, 11) is 0. The lowest BCUT2D eigenvalue weighted by Gasteiger charge is -2.34. The standard InChI is InChI=1S/C14H17N3O5/c18-11-8-22-14(13(20)12(11)19)17-6-9(15-16-17)7-21-10-4-2-1-3-5-10/h1-6,11-14,18-20H,7-8H2/t11-,12+,13-,14+/m1/s1. The molecule has 1 aromatic heterocycles. The largest absolute Gasteiger partial charge is 0.487 e. The second kappa shape index (κ2) is 6.41. The number of benzene rings is 1. The first-order chi connectivity index (χ1) is 10.6. The number of aliphatic hydroxyl groups excluding tert-OH is 3. The molecule has 1 aliphatic heterocycles. The van der Waals surface area contributed by atoms with Crippen LogP contribution in [0.3, 0.4) is 0 Å². The van der Waals surface area contributed by atoms with Gasteiger partial charge in [-0.2, -0.15) is 0 Å². The summed E-state index contributed by atoms with van der Waals surface area (Å²) >= 11 is 0. The van der Waals surface area contributed by atoms with E-state index in [4.69, 9.17) is 9.47 Å². The van der Waals surface area contributed by atoms with Crippen LogP contribution in [0.2, 0.25) is 0 Å². The fraction of sp³-hybridized carbons (Fsp3) is 0.429. The summed E-state index contributed by atoms with van der Waals surface area (Å²) in [6.45, 7) is 0.136. The van der Waals surface area contributed by atoms with E-state index >= 15 is 0 Å². The van der Waals surface area contributed by atoms with Crippen LogP contribution in [0.4, 0.5) is 0 Å². The molecule has 0 saturated carbocycles. The molecule has 1 aliphatic rings. The maximum Gasteiger partial charge on any atom is 0.180 e. The summed E-state index contributed by atoms with van der Waals surface area (Å²) in [5.74, 6) is 0.713. The molecule has 1 aromatic carbocycles. The van der Waals surface area contributed by atoms with Crippen molar-refractivity contribution in [3.8, 4) is 5.75 Å². The van der Waals surface area contributed by atoms with E-state index in [0.29, 0.717) is 11.4 Å². The van der Waals surface area contributed by atoms with E-state index in [1.165, 1.54) is 4.68 Å². The second-order valence-electron chi connectivity index (χ2n) is 5.06. The molecule has 1 saturated heterocycles. The second-order valence-corrected chi connectivity index (χ2v) is 5.06. The van der Waals surface area contributed by atoms with Gasteiger partial charge in [0.15, 0.2) is 6.23 Å². The first kappa shape index (κ1) is 14.9. The molecule has 1 fully saturated rings. The lowest BCUT2D eigenvalue weighted by Crippen LogP contribution is -2.50. The molecule has 2 aromatic rings. The van der Waals surface area contributed by atoms with Gasteiger partial charge in [-0.25, -0.2) is 4.68 Å². The Labute approximate surface area is 126 Å². The smallest absolute Gasteiger partial charge is 0.180 e. The van der Waals surface area contributed by atoms with Crippen molar-refractivity contribution in [2.75, 3.05) is 6.61 Å². The van der Waals surface area contributed by atoms with Crippen molar-refractivity contribution in [3.05, 3.63) is 42.2 Å². The van der Waals surface area contributed by atoms with Gasteiger partial charge in [0.25, 0.3) is 0 Å². The van der Waals surface area contributed by atoms with Crippen LogP contribution < -0.4 is 4.74 Å². The topological polar surface area (TPSA) is 110 Å². The molecule has 0 unspecified atom stereocenters. The normalized spacial score (nSPS) is 28.5. The Morgan fingerprint density at radius 2 is 1.95 bits per heavy atom. The zero-order valence-electron chi connectivity index (χ0n) is 11.7. The summed E-state index contributed by atoms with van der Waals surface area (Å²) in [6.07, 6.45) is -3.01. The Kier molecular flexibility index (Phi) is 4.34. The number of nitrogens with zero attached hydrogens (tertiary/aromatic N) is 3. The summed E-state index contributed by atoms with van der Waals surface area (Å²) in [5.41, 5.74) is 0.556. The van der Waals surface area contributed by atoms with Crippen molar-refractivity contribution >= 4 is 0 Å². The van der Waals surface area contributed by atoms with E-state index in [9.17, 15) is 15.3 Å². The van der Waals surface area contributed by atoms with Crippen LogP contribution in [-0.2, 0) is 11.3 Å². The van der Waals surface area contributed by atoms with Crippen LogP contribution in [0.25, 0.3) is 0 Å². The fourth-order valence-electron chi connectivity index (χ4n) is 2.20. The van der Waals surface area contributed by atoms with E-state index in [1.54, 1.807) is 6.20 Å². The van der Waals surface area contributed by atoms with Crippen LogP contribution >= 0.6 is 0 Å². The van der Waals surface area contributed by atoms with Crippen molar-refractivity contribution in [1.29, 1.82) is 0 Å². The predicted octanol–water partition coefficient (Wildman–Crippen LogP) is -0.531. The predicted molar refractivity (Wildman–Crippen MR) is 73.8 cm³/mol. The molecule has 0 amide bonds. The van der Waals surface area contributed by atoms with Crippen LogP contribution in [0.5, 0.6) is 5.75 Å². The maximum absolute atomic E-state index is 9.92. The van der Waals surface area contributed by atoms with Crippen LogP contribution in [0, 0.1) is 0 Å². The first-order valence-electron chi connectivity index (χ1n) is 6.89. The Bertz CT molecular complexity index is 606. The average Bonchev–Trinajstić information content (AvgIpc) is 3.00. The van der Waals surface area contributed by atoms with E-state index in [-0.39, 0.29) is 13.2 Å². The van der Waals surface area contributed by atoms with Gasteiger partial charge in [-0.1, -0.05) is 23.4 Å². The van der Waals surface area contributed by atoms with Crippen molar-refractivity contribution in [3.63, 3.8) is 0 Å². The number of rotatable bonds is 4. The van der Waals surface area contributed by atoms with Gasteiger partial charge in [0.05, 0.1) is 12.8 Å². The molecular weight excluding hydrogens is 290 g/mol. The van der Waals surface area contributed by atoms with Gasteiger partial charge in [-0.05, 0) is 12.1 Å². The molecule has 0 bridgehead atoms. The molecule has 8 heteroatoms. The number of hydrogen-bond acceptors (Lipinski definition) is 7. The summed E-state index contributed by atoms with van der Waals surface area (Å²) in [6, 6.07) is 9.28. The van der Waals surface area contributed by atoms with Gasteiger partial charge >= 0.3 is 0 Å². The molecule has 4 atom stereocenters. The minimum Gasteiger partial charge on any atom is -0.487 e. The molecule has 2 heterocycles. The average molecular weight is 307 g/mol. The number of ether oxygens (including phenoxy) is 2. The van der Waals surface area contributed by atoms with Gasteiger partial charge in [0.1, 0.15) is 36.4 Å². The molecule has 8 nitrogen and oxygen atoms in total. The lowest BCUT2D eigenvalue weighted by atomic mass is 10.0. The van der Waals surface area contributed by atoms with E-state index in [2.05, 4.69) is 10.3 Å². The van der Waals surface area contributed by atoms with Gasteiger partial charge in [-0.3, -0.25) is 0 Å². The number of aromatic nitrogens is 3. The third-order valence-electron chi connectivity index (χ3n) is 3.42. The Hall–Kier alpha value is -2.00. The van der Waals surface area contributed by atoms with Gasteiger partial charge in [0, 0.05) is 0 Å². The van der Waals surface area contributed by atoms with E-state index in [1.807, 2.05) is 30.3 Å². The zero-order valence-corrected chi connectivity index (χ0v) is 11.7. The van der Waals surface area contributed by atoms with E-state index in [0.717, 1.165) is 0 Å². The molecule has 3 N–H and O–H groups in total. The number of aliphatic hydroxyl groups is 3. The molecular formula is C14H17N3O5. The molecule has 0 radical (unpaired) electrons. The Balaban J connectivity index is 1.64.